The Morgan fingerprint density at radius 2 is 0.853 bits per heavy atom. The van der Waals surface area contributed by atoms with Gasteiger partial charge >= 0.3 is 17.9 Å². The van der Waals surface area contributed by atoms with Gasteiger partial charge < -0.3 is 91.5 Å². The van der Waals surface area contributed by atoms with Crippen LogP contribution in [0.25, 0.3) is 10.9 Å². The molecule has 0 bridgehead atoms. The summed E-state index contributed by atoms with van der Waals surface area (Å²) in [5.41, 5.74) is 27.4. The van der Waals surface area contributed by atoms with Crippen LogP contribution >= 0.6 is 0 Å². The fourth-order valence-electron chi connectivity index (χ4n) is 6.78. The largest absolute Gasteiger partial charge is 0.481 e. The Balaban J connectivity index is 2.42. The first kappa shape index (κ1) is 61.9. The van der Waals surface area contributed by atoms with Crippen molar-refractivity contribution in [2.45, 2.75) is 126 Å². The second-order valence-corrected chi connectivity index (χ2v) is 16.9. The van der Waals surface area contributed by atoms with Gasteiger partial charge in [0.15, 0.2) is 0 Å². The summed E-state index contributed by atoms with van der Waals surface area (Å²) in [4.78, 5) is 192. The van der Waals surface area contributed by atoms with Gasteiger partial charge in [0.1, 0.15) is 48.3 Å². The maximum absolute atomic E-state index is 14.0. The van der Waals surface area contributed by atoms with Crippen LogP contribution < -0.4 is 71.2 Å². The summed E-state index contributed by atoms with van der Waals surface area (Å²) in [6, 6.07) is -8.86. The third kappa shape index (κ3) is 21.6. The summed E-state index contributed by atoms with van der Waals surface area (Å²) in [6.45, 7) is 2.18. The van der Waals surface area contributed by atoms with Crippen molar-refractivity contribution in [3.05, 3.63) is 36.0 Å². The van der Waals surface area contributed by atoms with Crippen LogP contribution in [0.15, 0.2) is 30.5 Å². The molecule has 0 spiro atoms. The summed E-state index contributed by atoms with van der Waals surface area (Å²) in [5, 5.41) is 46.1. The number of hydrogen-bond acceptors (Lipinski definition) is 16. The summed E-state index contributed by atoms with van der Waals surface area (Å²) in [7, 11) is 0. The predicted octanol–water partition coefficient (Wildman–Crippen LogP) is -7.73. The van der Waals surface area contributed by atoms with E-state index in [1.165, 1.54) is 6.20 Å². The van der Waals surface area contributed by atoms with E-state index < -0.39 is 195 Å². The van der Waals surface area contributed by atoms with Crippen LogP contribution in [0.2, 0.25) is 0 Å². The molecule has 12 amide bonds. The number of carboxylic acid groups (broad SMARTS) is 3. The number of hydrogen-bond donors (Lipinski definition) is 17. The van der Waals surface area contributed by atoms with E-state index in [1.54, 1.807) is 24.3 Å². The average molecular weight is 1060 g/mol. The highest BCUT2D eigenvalue weighted by Gasteiger charge is 2.35. The van der Waals surface area contributed by atoms with Crippen molar-refractivity contribution in [3.63, 3.8) is 0 Å². The van der Waals surface area contributed by atoms with E-state index in [4.69, 9.17) is 33.8 Å². The Labute approximate surface area is 424 Å². The molecule has 9 unspecified atom stereocenters. The van der Waals surface area contributed by atoms with Gasteiger partial charge in [-0.15, -0.1) is 0 Å². The van der Waals surface area contributed by atoms with Crippen molar-refractivity contribution in [2.24, 2.45) is 28.7 Å². The minimum Gasteiger partial charge on any atom is -0.481 e. The molecular weight excluding hydrogens is 1000 g/mol. The molecule has 410 valence electrons. The lowest BCUT2D eigenvalue weighted by Gasteiger charge is -2.27. The molecule has 0 aliphatic rings. The van der Waals surface area contributed by atoms with Gasteiger partial charge in [-0.1, -0.05) is 18.2 Å². The molecule has 1 aromatic heterocycles. The number of H-pyrrole nitrogens is 1. The number of nitrogens with one attached hydrogen (secondary N) is 9. The summed E-state index contributed by atoms with van der Waals surface area (Å²) < 4.78 is 0. The normalized spacial score (nSPS) is 14.4. The Kier molecular flexibility index (Phi) is 24.2. The summed E-state index contributed by atoms with van der Waals surface area (Å²) >= 11 is 0. The van der Waals surface area contributed by atoms with Crippen molar-refractivity contribution < 1.29 is 87.2 Å². The first-order chi connectivity index (χ1) is 35.0. The van der Waals surface area contributed by atoms with E-state index in [-0.39, 0.29) is 6.42 Å². The minimum absolute atomic E-state index is 0.368. The summed E-state index contributed by atoms with van der Waals surface area (Å²) in [5.74, 6) is -18.4. The molecule has 0 fully saturated rings. The van der Waals surface area contributed by atoms with Crippen LogP contribution in [-0.2, 0) is 78.3 Å². The number of aliphatic carboxylic acids is 3. The maximum atomic E-state index is 14.0. The molecule has 0 saturated carbocycles. The van der Waals surface area contributed by atoms with Gasteiger partial charge in [-0.25, -0.2) is 0 Å². The number of benzene rings is 1. The number of rotatable bonds is 33. The quantitative estimate of drug-likeness (QED) is 0.0316. The topological polar surface area (TPSA) is 559 Å². The van der Waals surface area contributed by atoms with Crippen LogP contribution in [0.3, 0.4) is 0 Å². The Morgan fingerprint density at radius 3 is 1.33 bits per heavy atom. The summed E-state index contributed by atoms with van der Waals surface area (Å²) in [6.07, 6.45) is -5.01. The Morgan fingerprint density at radius 1 is 0.467 bits per heavy atom. The molecule has 75 heavy (non-hydrogen) atoms. The fourth-order valence-corrected chi connectivity index (χ4v) is 6.78. The zero-order chi connectivity index (χ0) is 56.9. The molecule has 0 aliphatic heterocycles. The fraction of sp³-hybridized carbons (Fsp3) is 0.465. The molecule has 32 heteroatoms. The molecule has 22 N–H and O–H groups in total. The van der Waals surface area contributed by atoms with Gasteiger partial charge in [0.05, 0.1) is 31.7 Å². The van der Waals surface area contributed by atoms with Crippen LogP contribution in [0, 0.1) is 0 Å². The van der Waals surface area contributed by atoms with E-state index in [2.05, 4.69) is 42.2 Å². The zero-order valence-electron chi connectivity index (χ0n) is 40.3. The minimum atomic E-state index is -1.97. The number of primary amides is 4. The first-order valence-corrected chi connectivity index (χ1v) is 22.5. The number of carbonyl (C=O) groups is 15. The highest BCUT2D eigenvalue weighted by Crippen LogP contribution is 2.19. The smallest absolute Gasteiger partial charge is 0.305 e. The lowest BCUT2D eigenvalue weighted by atomic mass is 10.0. The van der Waals surface area contributed by atoms with Gasteiger partial charge in [0.2, 0.25) is 70.9 Å². The van der Waals surface area contributed by atoms with Crippen molar-refractivity contribution in [2.75, 3.05) is 0 Å². The third-order valence-corrected chi connectivity index (χ3v) is 10.7. The SMILES string of the molecule is CC(NC(=O)C(CCC(=O)O)NC(=O)C(N)CC(N)=O)C(=O)NC(CCC(=O)O)C(=O)NC(CC(N)=O)C(=O)NC(Cc1c[nH]c2ccccc12)C(=O)NC(C)C(=O)NC(CC(=O)O)C(=O)NC(CC(N)=O)C(N)=O. The first-order valence-electron chi connectivity index (χ1n) is 22.5. The van der Waals surface area contributed by atoms with Crippen molar-refractivity contribution in [1.82, 2.24) is 47.5 Å². The van der Waals surface area contributed by atoms with Crippen molar-refractivity contribution in [1.29, 1.82) is 0 Å². The van der Waals surface area contributed by atoms with Crippen molar-refractivity contribution in [3.8, 4) is 0 Å². The van der Waals surface area contributed by atoms with Crippen LogP contribution in [0.4, 0.5) is 0 Å². The molecule has 0 radical (unpaired) electrons. The number of para-hydroxylation sites is 1. The predicted molar refractivity (Wildman–Crippen MR) is 253 cm³/mol. The van der Waals surface area contributed by atoms with Gasteiger partial charge in [0.25, 0.3) is 0 Å². The number of nitrogens with two attached hydrogens (primary N) is 5. The number of carboxylic acids is 3. The number of amides is 12. The van der Waals surface area contributed by atoms with E-state index in [0.717, 1.165) is 13.8 Å². The Bertz CT molecular complexity index is 2530. The molecule has 32 nitrogen and oxygen atoms in total. The second-order valence-electron chi connectivity index (χ2n) is 16.9. The van der Waals surface area contributed by atoms with E-state index in [9.17, 15) is 82.1 Å². The molecule has 9 atom stereocenters. The molecule has 2 aromatic rings. The third-order valence-electron chi connectivity index (χ3n) is 10.7. The van der Waals surface area contributed by atoms with E-state index in [0.29, 0.717) is 16.5 Å². The number of carbonyl (C=O) groups excluding carboxylic acids is 12. The van der Waals surface area contributed by atoms with E-state index in [1.807, 2.05) is 5.32 Å². The number of aromatic nitrogens is 1. The van der Waals surface area contributed by atoms with Gasteiger partial charge in [0, 0.05) is 36.4 Å². The molecule has 1 aromatic carbocycles. The standard InChI is InChI=1S/C43H60N14O18/c1-17(50-39(71)23(7-9-32(61)62)53-38(70)21(44)12-29(45)58)36(68)52-24(8-10-33(63)64)40(72)57-27(14-31(47)60)42(74)56-26(11-19-16-49-22-6-4-3-5-20(19)22)41(73)51-18(2)37(69)55-28(15-34(65)66)43(75)54-25(35(48)67)13-30(46)59/h3-6,16-18,21,23-28,49H,7-15,44H2,1-2H3,(H2,45,58)(H2,46,59)(H2,47,60)(H2,48,67)(H,50,71)(H,51,73)(H,52,68)(H,53,70)(H,54,75)(H,55,69)(H,56,74)(H,57,72)(H,61,62)(H,63,64)(H,65,66). The van der Waals surface area contributed by atoms with Gasteiger partial charge in [-0.05, 0) is 38.3 Å². The average Bonchev–Trinajstić information content (AvgIpc) is 3.71. The maximum Gasteiger partial charge on any atom is 0.305 e. The molecule has 0 aliphatic carbocycles. The molecule has 1 heterocycles. The molecule has 2 rings (SSSR count). The van der Waals surface area contributed by atoms with Gasteiger partial charge in [-0.2, -0.15) is 0 Å². The van der Waals surface area contributed by atoms with Gasteiger partial charge in [-0.3, -0.25) is 71.9 Å². The van der Waals surface area contributed by atoms with E-state index >= 15 is 0 Å². The van der Waals surface area contributed by atoms with Crippen LogP contribution in [0.5, 0.6) is 0 Å². The zero-order valence-corrected chi connectivity index (χ0v) is 40.3. The second kappa shape index (κ2) is 29.3. The molecular formula is C43H60N14O18. The number of fused-ring (bicyclic) bond motifs is 1. The lowest BCUT2D eigenvalue weighted by Crippen LogP contribution is -2.60. The highest BCUT2D eigenvalue weighted by molar-refractivity contribution is 6.00. The van der Waals surface area contributed by atoms with Crippen molar-refractivity contribution >= 4 is 99.7 Å². The lowest BCUT2D eigenvalue weighted by molar-refractivity contribution is -0.141. The number of aromatic amines is 1. The highest BCUT2D eigenvalue weighted by atomic mass is 16.4. The Hall–Kier alpha value is -9.23. The molecule has 0 saturated heterocycles. The monoisotopic (exact) mass is 1060 g/mol. The van der Waals surface area contributed by atoms with Crippen LogP contribution in [0.1, 0.15) is 70.8 Å². The van der Waals surface area contributed by atoms with Crippen LogP contribution in [-0.4, -0.2) is 163 Å².